The SMILES string of the molecule is C=C(COC(=O)/C(C)=C\C)[C@@H]1CC[C@@]2(C)CCCC(=C)[C@@H]2C1. The lowest BCUT2D eigenvalue weighted by Gasteiger charge is -2.49. The summed E-state index contributed by atoms with van der Waals surface area (Å²) in [5.41, 5.74) is 3.58. The van der Waals surface area contributed by atoms with Gasteiger partial charge >= 0.3 is 5.97 Å². The Bertz CT molecular complexity index is 500. The average Bonchev–Trinajstić information content (AvgIpc) is 2.51. The molecular formula is C20H30O2. The summed E-state index contributed by atoms with van der Waals surface area (Å²) in [5, 5.41) is 0. The molecule has 2 heteroatoms. The van der Waals surface area contributed by atoms with Gasteiger partial charge in [-0.25, -0.2) is 4.79 Å². The van der Waals surface area contributed by atoms with E-state index < -0.39 is 0 Å². The van der Waals surface area contributed by atoms with E-state index >= 15 is 0 Å². The first-order chi connectivity index (χ1) is 10.4. The van der Waals surface area contributed by atoms with E-state index in [4.69, 9.17) is 4.74 Å². The molecule has 0 unspecified atom stereocenters. The van der Waals surface area contributed by atoms with Crippen molar-refractivity contribution in [3.05, 3.63) is 36.0 Å². The summed E-state index contributed by atoms with van der Waals surface area (Å²) >= 11 is 0. The maximum Gasteiger partial charge on any atom is 0.333 e. The first kappa shape index (κ1) is 17.1. The van der Waals surface area contributed by atoms with E-state index in [1.165, 1.54) is 37.7 Å². The van der Waals surface area contributed by atoms with Crippen LogP contribution in [0.25, 0.3) is 0 Å². The highest BCUT2D eigenvalue weighted by Crippen LogP contribution is 2.54. The van der Waals surface area contributed by atoms with Crippen LogP contribution in [0.1, 0.15) is 59.3 Å². The molecule has 0 bridgehead atoms. The Balaban J connectivity index is 1.92. The van der Waals surface area contributed by atoms with Crippen LogP contribution >= 0.6 is 0 Å². The van der Waals surface area contributed by atoms with Crippen molar-refractivity contribution in [1.82, 2.24) is 0 Å². The highest BCUT2D eigenvalue weighted by atomic mass is 16.5. The third-order valence-corrected chi connectivity index (χ3v) is 5.88. The van der Waals surface area contributed by atoms with Crippen LogP contribution in [0.2, 0.25) is 0 Å². The molecule has 0 aliphatic heterocycles. The Hall–Kier alpha value is -1.31. The quantitative estimate of drug-likeness (QED) is 0.404. The van der Waals surface area contributed by atoms with Crippen LogP contribution in [-0.4, -0.2) is 12.6 Å². The van der Waals surface area contributed by atoms with E-state index in [-0.39, 0.29) is 5.97 Å². The zero-order chi connectivity index (χ0) is 16.3. The molecule has 2 fully saturated rings. The standard InChI is InChI=1S/C20H30O2/c1-6-14(2)19(21)22-13-16(4)17-9-11-20(5)10-7-8-15(3)18(20)12-17/h6,17-18H,3-4,7-13H2,1-2,5H3/b14-6-/t17-,18+,20-/m1/s1. The molecule has 0 aromatic rings. The Morgan fingerprint density at radius 2 is 2.18 bits per heavy atom. The van der Waals surface area contributed by atoms with Crippen molar-refractivity contribution >= 4 is 5.97 Å². The van der Waals surface area contributed by atoms with Crippen molar-refractivity contribution in [2.75, 3.05) is 6.61 Å². The molecule has 122 valence electrons. The topological polar surface area (TPSA) is 26.3 Å². The van der Waals surface area contributed by atoms with Gasteiger partial charge in [0.2, 0.25) is 0 Å². The number of fused-ring (bicyclic) bond motifs is 1. The first-order valence-electron chi connectivity index (χ1n) is 8.53. The van der Waals surface area contributed by atoms with Gasteiger partial charge in [-0.2, -0.15) is 0 Å². The lowest BCUT2D eigenvalue weighted by atomic mass is 9.56. The van der Waals surface area contributed by atoms with Gasteiger partial charge in [0.25, 0.3) is 0 Å². The van der Waals surface area contributed by atoms with Crippen LogP contribution in [0, 0.1) is 17.3 Å². The third kappa shape index (κ3) is 3.53. The van der Waals surface area contributed by atoms with Crippen molar-refractivity contribution in [1.29, 1.82) is 0 Å². The molecule has 2 saturated carbocycles. The first-order valence-corrected chi connectivity index (χ1v) is 8.53. The fraction of sp³-hybridized carbons (Fsp3) is 0.650. The van der Waals surface area contributed by atoms with Gasteiger partial charge in [0.05, 0.1) is 0 Å². The van der Waals surface area contributed by atoms with E-state index in [2.05, 4.69) is 20.1 Å². The zero-order valence-electron chi connectivity index (χ0n) is 14.4. The number of ether oxygens (including phenoxy) is 1. The predicted octanol–water partition coefficient (Wildman–Crippen LogP) is 5.21. The van der Waals surface area contributed by atoms with E-state index in [0.717, 1.165) is 12.0 Å². The minimum atomic E-state index is -0.230. The highest BCUT2D eigenvalue weighted by molar-refractivity contribution is 5.87. The van der Waals surface area contributed by atoms with E-state index in [1.807, 2.05) is 6.92 Å². The Labute approximate surface area is 135 Å². The number of hydrogen-bond donors (Lipinski definition) is 0. The van der Waals surface area contributed by atoms with Gasteiger partial charge in [0, 0.05) is 5.57 Å². The largest absolute Gasteiger partial charge is 0.458 e. The second-order valence-corrected chi connectivity index (χ2v) is 7.40. The van der Waals surface area contributed by atoms with E-state index in [0.29, 0.717) is 29.4 Å². The molecule has 0 aromatic heterocycles. The second kappa shape index (κ2) is 6.85. The van der Waals surface area contributed by atoms with Gasteiger partial charge in [-0.3, -0.25) is 0 Å². The molecule has 0 saturated heterocycles. The summed E-state index contributed by atoms with van der Waals surface area (Å²) in [5.74, 6) is 0.850. The third-order valence-electron chi connectivity index (χ3n) is 5.88. The van der Waals surface area contributed by atoms with Crippen LogP contribution in [0.5, 0.6) is 0 Å². The molecule has 0 heterocycles. The van der Waals surface area contributed by atoms with Gasteiger partial charge < -0.3 is 4.74 Å². The van der Waals surface area contributed by atoms with E-state index in [9.17, 15) is 4.79 Å². The molecule has 3 atom stereocenters. The van der Waals surface area contributed by atoms with Gasteiger partial charge in [-0.05, 0) is 75.2 Å². The van der Waals surface area contributed by atoms with Gasteiger partial charge in [-0.1, -0.05) is 31.7 Å². The summed E-state index contributed by atoms with van der Waals surface area (Å²) in [4.78, 5) is 11.7. The van der Waals surface area contributed by atoms with Crippen LogP contribution in [0.3, 0.4) is 0 Å². The number of hydrogen-bond acceptors (Lipinski definition) is 2. The summed E-state index contributed by atoms with van der Waals surface area (Å²) in [7, 11) is 0. The minimum absolute atomic E-state index is 0.230. The molecule has 0 N–H and O–H groups in total. The van der Waals surface area contributed by atoms with Crippen molar-refractivity contribution < 1.29 is 9.53 Å². The fourth-order valence-corrected chi connectivity index (χ4v) is 4.10. The Morgan fingerprint density at radius 1 is 1.45 bits per heavy atom. The Morgan fingerprint density at radius 3 is 2.86 bits per heavy atom. The molecule has 0 radical (unpaired) electrons. The molecule has 22 heavy (non-hydrogen) atoms. The second-order valence-electron chi connectivity index (χ2n) is 7.40. The van der Waals surface area contributed by atoms with Gasteiger partial charge in [-0.15, -0.1) is 0 Å². The average molecular weight is 302 g/mol. The molecule has 2 aliphatic rings. The van der Waals surface area contributed by atoms with Crippen molar-refractivity contribution in [3.63, 3.8) is 0 Å². The molecule has 2 aliphatic carbocycles. The number of carbonyl (C=O) groups excluding carboxylic acids is 1. The molecule has 0 spiro atoms. The number of rotatable bonds is 4. The van der Waals surface area contributed by atoms with Gasteiger partial charge in [0.1, 0.15) is 6.61 Å². The van der Waals surface area contributed by atoms with Crippen molar-refractivity contribution in [3.8, 4) is 0 Å². The van der Waals surface area contributed by atoms with Gasteiger partial charge in [0.15, 0.2) is 0 Å². The number of carbonyl (C=O) groups is 1. The molecule has 2 nitrogen and oxygen atoms in total. The normalized spacial score (nSPS) is 32.3. The maximum atomic E-state index is 11.7. The minimum Gasteiger partial charge on any atom is -0.458 e. The summed E-state index contributed by atoms with van der Waals surface area (Å²) < 4.78 is 5.37. The lowest BCUT2D eigenvalue weighted by molar-refractivity contribution is -0.138. The number of allylic oxidation sites excluding steroid dienone is 2. The monoisotopic (exact) mass is 302 g/mol. The maximum absolute atomic E-state index is 11.7. The molecule has 0 amide bonds. The smallest absolute Gasteiger partial charge is 0.333 e. The molecular weight excluding hydrogens is 272 g/mol. The summed E-state index contributed by atoms with van der Waals surface area (Å²) in [6.45, 7) is 14.9. The van der Waals surface area contributed by atoms with Crippen molar-refractivity contribution in [2.24, 2.45) is 17.3 Å². The van der Waals surface area contributed by atoms with Crippen LogP contribution in [0.15, 0.2) is 36.0 Å². The van der Waals surface area contributed by atoms with Crippen LogP contribution in [0.4, 0.5) is 0 Å². The van der Waals surface area contributed by atoms with E-state index in [1.54, 1.807) is 13.0 Å². The van der Waals surface area contributed by atoms with Crippen molar-refractivity contribution in [2.45, 2.75) is 59.3 Å². The lowest BCUT2D eigenvalue weighted by Crippen LogP contribution is -2.38. The van der Waals surface area contributed by atoms with Crippen LogP contribution in [-0.2, 0) is 9.53 Å². The summed E-state index contributed by atoms with van der Waals surface area (Å²) in [6, 6.07) is 0. The fourth-order valence-electron chi connectivity index (χ4n) is 4.10. The van der Waals surface area contributed by atoms with Crippen LogP contribution < -0.4 is 0 Å². The number of esters is 1. The molecule has 0 aromatic carbocycles. The summed E-state index contributed by atoms with van der Waals surface area (Å²) in [6.07, 6.45) is 9.11. The Kier molecular flexibility index (Phi) is 5.31. The molecule has 2 rings (SSSR count). The predicted molar refractivity (Wildman–Crippen MR) is 91.5 cm³/mol. The zero-order valence-corrected chi connectivity index (χ0v) is 14.4. The highest BCUT2D eigenvalue weighted by Gasteiger charge is 2.43.